The van der Waals surface area contributed by atoms with E-state index in [9.17, 15) is 13.2 Å². The van der Waals surface area contributed by atoms with E-state index in [0.717, 1.165) is 0 Å². The highest BCUT2D eigenvalue weighted by molar-refractivity contribution is 8.00. The van der Waals surface area contributed by atoms with Crippen LogP contribution in [0.1, 0.15) is 12.7 Å². The first-order valence-electron chi connectivity index (χ1n) is 8.27. The second-order valence-corrected chi connectivity index (χ2v) is 9.25. The van der Waals surface area contributed by atoms with Crippen LogP contribution in [0.4, 0.5) is 0 Å². The van der Waals surface area contributed by atoms with E-state index in [2.05, 4.69) is 15.2 Å². The molecule has 1 aromatic carbocycles. The minimum Gasteiger partial charge on any atom is -0.339 e. The molecular formula is C16H21N5O3S2. The molecule has 1 N–H and O–H groups in total. The molecule has 26 heavy (non-hydrogen) atoms. The molecule has 0 unspecified atom stereocenters. The number of aromatic nitrogens is 3. The van der Waals surface area contributed by atoms with Gasteiger partial charge in [-0.3, -0.25) is 9.89 Å². The van der Waals surface area contributed by atoms with Gasteiger partial charge in [0.1, 0.15) is 5.82 Å². The minimum absolute atomic E-state index is 0.0331. The van der Waals surface area contributed by atoms with E-state index in [1.54, 1.807) is 42.2 Å². The van der Waals surface area contributed by atoms with Gasteiger partial charge in [0, 0.05) is 26.2 Å². The number of hydrogen-bond donors (Lipinski definition) is 1. The molecular weight excluding hydrogens is 374 g/mol. The molecule has 1 aliphatic heterocycles. The predicted octanol–water partition coefficient (Wildman–Crippen LogP) is 1.13. The topological polar surface area (TPSA) is 99.3 Å². The molecule has 1 amide bonds. The first-order valence-corrected chi connectivity index (χ1v) is 10.6. The summed E-state index contributed by atoms with van der Waals surface area (Å²) < 4.78 is 26.7. The lowest BCUT2D eigenvalue weighted by Gasteiger charge is -2.35. The van der Waals surface area contributed by atoms with E-state index >= 15 is 0 Å². The van der Waals surface area contributed by atoms with Crippen molar-refractivity contribution in [2.45, 2.75) is 29.1 Å². The van der Waals surface area contributed by atoms with Gasteiger partial charge in [0.05, 0.1) is 10.1 Å². The molecule has 1 aliphatic rings. The lowest BCUT2D eigenvalue weighted by atomic mass is 10.3. The van der Waals surface area contributed by atoms with Crippen molar-refractivity contribution < 1.29 is 13.2 Å². The number of aryl methyl sites for hydroxylation is 1. The Kier molecular flexibility index (Phi) is 5.64. The van der Waals surface area contributed by atoms with Crippen molar-refractivity contribution in [2.24, 2.45) is 0 Å². The zero-order valence-corrected chi connectivity index (χ0v) is 16.3. The van der Waals surface area contributed by atoms with Crippen LogP contribution in [0.15, 0.2) is 40.4 Å². The molecule has 8 nitrogen and oxygen atoms in total. The number of nitrogens with zero attached hydrogens (tertiary/aromatic N) is 4. The Morgan fingerprint density at radius 1 is 1.19 bits per heavy atom. The molecule has 0 spiro atoms. The molecule has 1 atom stereocenters. The number of nitrogens with one attached hydrogen (secondary N) is 1. The number of carbonyl (C=O) groups is 1. The summed E-state index contributed by atoms with van der Waals surface area (Å²) in [6.07, 6.45) is 0. The maximum Gasteiger partial charge on any atom is 0.243 e. The monoisotopic (exact) mass is 395 g/mol. The number of rotatable bonds is 5. The highest BCUT2D eigenvalue weighted by Crippen LogP contribution is 2.22. The van der Waals surface area contributed by atoms with Gasteiger partial charge in [0.25, 0.3) is 0 Å². The fraction of sp³-hybridized carbons (Fsp3) is 0.438. The number of amides is 1. The Hall–Kier alpha value is -1.91. The van der Waals surface area contributed by atoms with Crippen LogP contribution >= 0.6 is 11.8 Å². The van der Waals surface area contributed by atoms with E-state index in [4.69, 9.17) is 0 Å². The highest BCUT2D eigenvalue weighted by atomic mass is 32.2. The summed E-state index contributed by atoms with van der Waals surface area (Å²) in [6.45, 7) is 4.95. The molecule has 2 heterocycles. The average molecular weight is 396 g/mol. The molecule has 140 valence electrons. The standard InChI is InChI=1S/C16H21N5O3S2/c1-12(25-16-17-13(2)18-19-16)15(22)20-8-10-21(11-9-20)26(23,24)14-6-4-3-5-7-14/h3-7,12H,8-11H2,1-2H3,(H,17,18,19)/t12-/m1/s1. The van der Waals surface area contributed by atoms with E-state index in [0.29, 0.717) is 37.2 Å². The Morgan fingerprint density at radius 3 is 2.42 bits per heavy atom. The summed E-state index contributed by atoms with van der Waals surface area (Å²) in [5.41, 5.74) is 0. The van der Waals surface area contributed by atoms with Crippen LogP contribution in [0.5, 0.6) is 0 Å². The fourth-order valence-corrected chi connectivity index (χ4v) is 5.03. The largest absolute Gasteiger partial charge is 0.339 e. The number of benzene rings is 1. The lowest BCUT2D eigenvalue weighted by Crippen LogP contribution is -2.52. The van der Waals surface area contributed by atoms with Crippen LogP contribution in [0, 0.1) is 6.92 Å². The quantitative estimate of drug-likeness (QED) is 0.762. The van der Waals surface area contributed by atoms with Crippen molar-refractivity contribution in [2.75, 3.05) is 26.2 Å². The summed E-state index contributed by atoms with van der Waals surface area (Å²) in [4.78, 5) is 18.8. The summed E-state index contributed by atoms with van der Waals surface area (Å²) in [7, 11) is -3.51. The molecule has 2 aromatic rings. The normalized spacial score (nSPS) is 17.2. The second-order valence-electron chi connectivity index (χ2n) is 6.01. The minimum atomic E-state index is -3.51. The molecule has 10 heteroatoms. The Morgan fingerprint density at radius 2 is 1.85 bits per heavy atom. The third kappa shape index (κ3) is 4.08. The van der Waals surface area contributed by atoms with Crippen molar-refractivity contribution in [3.05, 3.63) is 36.2 Å². The summed E-state index contributed by atoms with van der Waals surface area (Å²) in [5, 5.41) is 6.98. The molecule has 0 radical (unpaired) electrons. The van der Waals surface area contributed by atoms with Crippen LogP contribution in [-0.2, 0) is 14.8 Å². The fourth-order valence-electron chi connectivity index (χ4n) is 2.73. The lowest BCUT2D eigenvalue weighted by molar-refractivity contribution is -0.131. The number of aromatic amines is 1. The van der Waals surface area contributed by atoms with Crippen LogP contribution in [-0.4, -0.2) is 70.1 Å². The molecule has 0 bridgehead atoms. The summed E-state index contributed by atoms with van der Waals surface area (Å²) >= 11 is 1.29. The van der Waals surface area contributed by atoms with Gasteiger partial charge in [0.2, 0.25) is 21.1 Å². The second kappa shape index (κ2) is 7.77. The van der Waals surface area contributed by atoms with Gasteiger partial charge in [-0.05, 0) is 26.0 Å². The van der Waals surface area contributed by atoms with Gasteiger partial charge in [0.15, 0.2) is 0 Å². The van der Waals surface area contributed by atoms with E-state index in [1.807, 2.05) is 6.92 Å². The van der Waals surface area contributed by atoms with E-state index in [1.165, 1.54) is 16.1 Å². The number of carbonyl (C=O) groups excluding carboxylic acids is 1. The zero-order valence-electron chi connectivity index (χ0n) is 14.6. The van der Waals surface area contributed by atoms with Gasteiger partial charge in [-0.2, -0.15) is 4.31 Å². The SMILES string of the molecule is Cc1nc(S[C@H](C)C(=O)N2CCN(S(=O)(=O)c3ccccc3)CC2)n[nH]1. The van der Waals surface area contributed by atoms with Crippen molar-refractivity contribution in [1.29, 1.82) is 0 Å². The molecule has 0 saturated carbocycles. The van der Waals surface area contributed by atoms with Gasteiger partial charge in [-0.1, -0.05) is 30.0 Å². The van der Waals surface area contributed by atoms with Crippen molar-refractivity contribution >= 4 is 27.7 Å². The molecule has 1 saturated heterocycles. The van der Waals surface area contributed by atoms with Crippen molar-refractivity contribution in [1.82, 2.24) is 24.4 Å². The Labute approximate surface area is 157 Å². The highest BCUT2D eigenvalue weighted by Gasteiger charge is 2.31. The summed E-state index contributed by atoms with van der Waals surface area (Å²) in [5.74, 6) is 0.668. The maximum atomic E-state index is 12.6. The molecule has 3 rings (SSSR count). The Balaban J connectivity index is 1.58. The van der Waals surface area contributed by atoms with Crippen LogP contribution < -0.4 is 0 Å². The van der Waals surface area contributed by atoms with Gasteiger partial charge in [-0.25, -0.2) is 13.4 Å². The zero-order chi connectivity index (χ0) is 18.7. The van der Waals surface area contributed by atoms with Crippen molar-refractivity contribution in [3.8, 4) is 0 Å². The third-order valence-corrected chi connectivity index (χ3v) is 7.00. The van der Waals surface area contributed by atoms with Gasteiger partial charge in [-0.15, -0.1) is 5.10 Å². The number of H-pyrrole nitrogens is 1. The maximum absolute atomic E-state index is 12.6. The van der Waals surface area contributed by atoms with Crippen LogP contribution in [0.3, 0.4) is 0 Å². The number of sulfonamides is 1. The summed E-state index contributed by atoms with van der Waals surface area (Å²) in [6, 6.07) is 8.37. The Bertz CT molecular complexity index is 861. The number of hydrogen-bond acceptors (Lipinski definition) is 6. The average Bonchev–Trinajstić information content (AvgIpc) is 3.06. The smallest absolute Gasteiger partial charge is 0.243 e. The van der Waals surface area contributed by atoms with Crippen LogP contribution in [0.2, 0.25) is 0 Å². The molecule has 1 aromatic heterocycles. The molecule has 0 aliphatic carbocycles. The van der Waals surface area contributed by atoms with Crippen molar-refractivity contribution in [3.63, 3.8) is 0 Å². The van der Waals surface area contributed by atoms with Gasteiger partial charge >= 0.3 is 0 Å². The van der Waals surface area contributed by atoms with E-state index < -0.39 is 10.0 Å². The first kappa shape index (κ1) is 18.9. The van der Waals surface area contributed by atoms with Gasteiger partial charge < -0.3 is 4.90 Å². The first-order chi connectivity index (χ1) is 12.4. The van der Waals surface area contributed by atoms with E-state index in [-0.39, 0.29) is 16.1 Å². The molecule has 1 fully saturated rings. The third-order valence-electron chi connectivity index (χ3n) is 4.14. The predicted molar refractivity (Wildman–Crippen MR) is 98.2 cm³/mol. The van der Waals surface area contributed by atoms with Crippen LogP contribution in [0.25, 0.3) is 0 Å². The number of piperazine rings is 1. The number of thioether (sulfide) groups is 1.